The van der Waals surface area contributed by atoms with Crippen LogP contribution in [0.3, 0.4) is 0 Å². The fourth-order valence-corrected chi connectivity index (χ4v) is 4.85. The van der Waals surface area contributed by atoms with Crippen LogP contribution in [-0.2, 0) is 35.4 Å². The Kier molecular flexibility index (Phi) is 12.0. The van der Waals surface area contributed by atoms with Gasteiger partial charge >= 0.3 is 6.09 Å². The molecule has 6 heteroatoms. The molecule has 0 saturated carbocycles. The van der Waals surface area contributed by atoms with Gasteiger partial charge in [-0.1, -0.05) is 98.8 Å². The number of carbonyl (C=O) groups excluding carboxylic acids is 2. The highest BCUT2D eigenvalue weighted by molar-refractivity contribution is 5.77. The number of aliphatic hydroxyl groups is 1. The maximum Gasteiger partial charge on any atom is 0.410 e. The molecular weight excluding hydrogens is 488 g/mol. The number of amides is 2. The third-order valence-corrected chi connectivity index (χ3v) is 6.77. The van der Waals surface area contributed by atoms with Gasteiger partial charge in [0, 0.05) is 19.0 Å². The van der Waals surface area contributed by atoms with Crippen molar-refractivity contribution in [3.63, 3.8) is 0 Å². The average Bonchev–Trinajstić information content (AvgIpc) is 3.41. The van der Waals surface area contributed by atoms with Crippen molar-refractivity contribution in [3.05, 3.63) is 107 Å². The lowest BCUT2D eigenvalue weighted by Crippen LogP contribution is -2.41. The minimum atomic E-state index is -0.880. The number of fused-ring (bicyclic) bond motifs is 1. The second kappa shape index (κ2) is 15.7. The highest BCUT2D eigenvalue weighted by Gasteiger charge is 2.25. The molecule has 3 aromatic carbocycles. The number of aryl methyl sites for hydroxylation is 2. The van der Waals surface area contributed by atoms with E-state index in [1.165, 1.54) is 24.2 Å². The van der Waals surface area contributed by atoms with E-state index < -0.39 is 24.0 Å². The third kappa shape index (κ3) is 10.6. The van der Waals surface area contributed by atoms with Gasteiger partial charge in [-0.15, -0.1) is 0 Å². The van der Waals surface area contributed by atoms with Gasteiger partial charge in [0.05, 0.1) is 6.10 Å². The normalized spacial score (nSPS) is 13.5. The fraction of sp³-hybridized carbons (Fsp3) is 0.394. The van der Waals surface area contributed by atoms with E-state index in [-0.39, 0.29) is 25.5 Å². The van der Waals surface area contributed by atoms with Crippen LogP contribution in [-0.4, -0.2) is 41.2 Å². The van der Waals surface area contributed by atoms with Gasteiger partial charge in [0.1, 0.15) is 6.61 Å². The summed E-state index contributed by atoms with van der Waals surface area (Å²) in [6, 6.07) is 27.7. The molecule has 208 valence electrons. The summed E-state index contributed by atoms with van der Waals surface area (Å²) in [5.41, 5.74) is 10.6. The smallest absolute Gasteiger partial charge is 0.410 e. The molecule has 0 saturated heterocycles. The molecule has 3 N–H and O–H groups in total. The number of aliphatic hydroxyl groups excluding tert-OH is 1. The van der Waals surface area contributed by atoms with Gasteiger partial charge in [0.25, 0.3) is 0 Å². The summed E-state index contributed by atoms with van der Waals surface area (Å²) >= 11 is 0. The van der Waals surface area contributed by atoms with Crippen LogP contribution >= 0.6 is 0 Å². The van der Waals surface area contributed by atoms with E-state index in [2.05, 4.69) is 24.3 Å². The molecule has 0 spiro atoms. The highest BCUT2D eigenvalue weighted by atomic mass is 16.6. The number of nitrogens with zero attached hydrogens (tertiary/aromatic N) is 1. The molecule has 4 rings (SSSR count). The quantitative estimate of drug-likeness (QED) is 0.340. The van der Waals surface area contributed by atoms with Crippen molar-refractivity contribution in [1.82, 2.24) is 4.90 Å². The second-order valence-corrected chi connectivity index (χ2v) is 10.6. The van der Waals surface area contributed by atoms with Crippen LogP contribution in [0.5, 0.6) is 0 Å². The van der Waals surface area contributed by atoms with Crippen molar-refractivity contribution in [2.75, 3.05) is 13.1 Å². The largest absolute Gasteiger partial charge is 0.445 e. The third-order valence-electron chi connectivity index (χ3n) is 6.77. The molecule has 0 aromatic heterocycles. The Morgan fingerprint density at radius 3 is 1.92 bits per heavy atom. The summed E-state index contributed by atoms with van der Waals surface area (Å²) in [5, 5.41) is 10.6. The van der Waals surface area contributed by atoms with E-state index in [0.717, 1.165) is 11.1 Å². The summed E-state index contributed by atoms with van der Waals surface area (Å²) in [6.45, 7) is 4.69. The van der Waals surface area contributed by atoms with Crippen LogP contribution in [0.4, 0.5) is 4.79 Å². The Hall–Kier alpha value is -3.64. The maximum atomic E-state index is 12.6. The number of ether oxygens (including phenoxy) is 1. The molecule has 6 nitrogen and oxygen atoms in total. The van der Waals surface area contributed by atoms with Gasteiger partial charge in [-0.3, -0.25) is 4.79 Å². The molecule has 0 radical (unpaired) electrons. The fourth-order valence-electron chi connectivity index (χ4n) is 4.85. The Morgan fingerprint density at radius 2 is 1.38 bits per heavy atom. The molecule has 1 aliphatic rings. The van der Waals surface area contributed by atoms with E-state index in [0.29, 0.717) is 13.0 Å². The summed E-state index contributed by atoms with van der Waals surface area (Å²) in [5.74, 6) is -0.763. The second-order valence-electron chi connectivity index (χ2n) is 10.6. The van der Waals surface area contributed by atoms with Crippen molar-refractivity contribution < 1.29 is 19.4 Å². The summed E-state index contributed by atoms with van der Waals surface area (Å²) in [4.78, 5) is 26.0. The van der Waals surface area contributed by atoms with Gasteiger partial charge in [0.2, 0.25) is 5.91 Å². The Bertz CT molecular complexity index is 1130. The van der Waals surface area contributed by atoms with Gasteiger partial charge in [-0.2, -0.15) is 0 Å². The Labute approximate surface area is 232 Å². The van der Waals surface area contributed by atoms with E-state index >= 15 is 0 Å². The first-order valence-corrected chi connectivity index (χ1v) is 13.9. The van der Waals surface area contributed by atoms with Gasteiger partial charge in [-0.05, 0) is 60.3 Å². The zero-order chi connectivity index (χ0) is 28.0. The predicted molar refractivity (Wildman–Crippen MR) is 155 cm³/mol. The molecule has 0 unspecified atom stereocenters. The molecule has 0 fully saturated rings. The zero-order valence-electron chi connectivity index (χ0n) is 23.2. The van der Waals surface area contributed by atoms with Crippen molar-refractivity contribution >= 4 is 12.0 Å². The maximum absolute atomic E-state index is 12.6. The van der Waals surface area contributed by atoms with Crippen LogP contribution in [0.15, 0.2) is 84.9 Å². The molecule has 0 heterocycles. The van der Waals surface area contributed by atoms with Crippen molar-refractivity contribution in [2.45, 2.75) is 58.7 Å². The molecular formula is C33H42N2O4. The Morgan fingerprint density at radius 1 is 0.846 bits per heavy atom. The van der Waals surface area contributed by atoms with Gasteiger partial charge in [-0.25, -0.2) is 4.79 Å². The number of rotatable bonds is 11. The molecule has 2 amide bonds. The average molecular weight is 531 g/mol. The van der Waals surface area contributed by atoms with Crippen LogP contribution in [0, 0.1) is 11.8 Å². The van der Waals surface area contributed by atoms with Crippen molar-refractivity contribution in [1.29, 1.82) is 0 Å². The molecule has 1 aliphatic carbocycles. The first-order valence-electron chi connectivity index (χ1n) is 13.9. The summed E-state index contributed by atoms with van der Waals surface area (Å²) < 4.78 is 5.42. The minimum absolute atomic E-state index is 0.0877. The lowest BCUT2D eigenvalue weighted by atomic mass is 9.93. The van der Waals surface area contributed by atoms with Crippen LogP contribution in [0.1, 0.15) is 48.9 Å². The lowest BCUT2D eigenvalue weighted by molar-refractivity contribution is -0.122. The zero-order valence-corrected chi connectivity index (χ0v) is 23.2. The predicted octanol–water partition coefficient (Wildman–Crippen LogP) is 5.55. The van der Waals surface area contributed by atoms with Crippen molar-refractivity contribution in [2.24, 2.45) is 17.6 Å². The highest BCUT2D eigenvalue weighted by Crippen LogP contribution is 2.20. The lowest BCUT2D eigenvalue weighted by Gasteiger charge is -2.27. The van der Waals surface area contributed by atoms with Gasteiger partial charge < -0.3 is 20.5 Å². The number of hydrogen-bond donors (Lipinski definition) is 2. The number of primary amides is 1. The monoisotopic (exact) mass is 530 g/mol. The first-order chi connectivity index (χ1) is 18.8. The Balaban J connectivity index is 0.000000387. The molecule has 0 bridgehead atoms. The number of hydrogen-bond acceptors (Lipinski definition) is 4. The van der Waals surface area contributed by atoms with Crippen LogP contribution < -0.4 is 5.73 Å². The molecule has 3 aromatic rings. The topological polar surface area (TPSA) is 92.9 Å². The first kappa shape index (κ1) is 29.9. The number of nitrogens with two attached hydrogens (primary N) is 1. The molecule has 0 aliphatic heterocycles. The van der Waals surface area contributed by atoms with Crippen LogP contribution in [0.25, 0.3) is 0 Å². The van der Waals surface area contributed by atoms with E-state index in [4.69, 9.17) is 10.5 Å². The minimum Gasteiger partial charge on any atom is -0.445 e. The van der Waals surface area contributed by atoms with E-state index in [1.54, 1.807) is 11.1 Å². The number of benzene rings is 3. The number of carbonyl (C=O) groups is 2. The summed E-state index contributed by atoms with van der Waals surface area (Å²) in [7, 11) is 0. The standard InChI is InChI=1S/C24H32N2O4.C9H10/c1-18(2)15-26(24(29)30-17-20-11-7-4-8-12-20)16-22(27)14-21(23(25)28)13-19-9-5-3-6-10-19;1-2-5-9-7-3-6-8(9)4-1/h3-12,18,21-22,27H,13-17H2,1-2H3,(H2,25,28);1-2,4-5H,3,6-7H2/t21-,22+;/m1./s1. The van der Waals surface area contributed by atoms with E-state index in [1.807, 2.05) is 74.5 Å². The molecule has 39 heavy (non-hydrogen) atoms. The van der Waals surface area contributed by atoms with Crippen LogP contribution in [0.2, 0.25) is 0 Å². The molecule has 2 atom stereocenters. The summed E-state index contributed by atoms with van der Waals surface area (Å²) in [6.07, 6.45) is 3.24. The van der Waals surface area contributed by atoms with Gasteiger partial charge in [0.15, 0.2) is 0 Å². The van der Waals surface area contributed by atoms with E-state index in [9.17, 15) is 14.7 Å². The van der Waals surface area contributed by atoms with Crippen molar-refractivity contribution in [3.8, 4) is 0 Å². The SMILES string of the molecule is CC(C)CN(C[C@@H](O)C[C@@H](Cc1ccccc1)C(N)=O)C(=O)OCc1ccccc1.c1ccc2c(c1)CCC2.